The number of aliphatic imine (C=N–C) groups is 1. The number of rotatable bonds is 4. The molecule has 1 unspecified atom stereocenters. The first-order chi connectivity index (χ1) is 8.66. The molecule has 1 aliphatic rings. The second-order valence-corrected chi connectivity index (χ2v) is 5.87. The van der Waals surface area contributed by atoms with E-state index in [1.165, 1.54) is 17.3 Å². The monoisotopic (exact) mass is 376 g/mol. The largest absolute Gasteiger partial charge is 0.365 e. The predicted molar refractivity (Wildman–Crippen MR) is 81.8 cm³/mol. The lowest BCUT2D eigenvalue weighted by Gasteiger charge is -2.25. The molecule has 0 saturated heterocycles. The normalized spacial score (nSPS) is 16.6. The number of hydrogen-bond donors (Lipinski definition) is 1. The van der Waals surface area contributed by atoms with Crippen molar-refractivity contribution in [2.75, 3.05) is 12.3 Å². The molecule has 2 rings (SSSR count). The molecule has 0 saturated carbocycles. The number of nitrogens with zero attached hydrogens (tertiary/aromatic N) is 2. The number of thioether (sulfide) groups is 1. The number of carbonyl (C=O) groups excluding carboxylic acids is 1. The Bertz CT molecular complexity index is 451. The Morgan fingerprint density at radius 2 is 2.17 bits per heavy atom. The first-order valence-corrected chi connectivity index (χ1v) is 7.77. The summed E-state index contributed by atoms with van der Waals surface area (Å²) in [5.74, 6) is 0.248. The first kappa shape index (κ1) is 13.8. The van der Waals surface area contributed by atoms with E-state index < -0.39 is 4.23 Å². The van der Waals surface area contributed by atoms with Crippen LogP contribution in [0.1, 0.15) is 5.56 Å². The zero-order chi connectivity index (χ0) is 13.0. The van der Waals surface area contributed by atoms with Gasteiger partial charge in [0.15, 0.2) is 9.40 Å². The number of hydrogen-bond acceptors (Lipinski definition) is 4. The maximum atomic E-state index is 11.1. The minimum absolute atomic E-state index is 0.128. The molecule has 0 spiro atoms. The van der Waals surface area contributed by atoms with Crippen LogP contribution in [-0.2, 0) is 11.2 Å². The minimum atomic E-state index is -0.663. The highest BCUT2D eigenvalue weighted by Crippen LogP contribution is 2.20. The van der Waals surface area contributed by atoms with Gasteiger partial charge < -0.3 is 10.0 Å². The van der Waals surface area contributed by atoms with E-state index in [1.54, 1.807) is 4.90 Å². The first-order valence-electron chi connectivity index (χ1n) is 5.54. The summed E-state index contributed by atoms with van der Waals surface area (Å²) in [5, 5.41) is 10.4. The van der Waals surface area contributed by atoms with Crippen LogP contribution in [0.25, 0.3) is 0 Å². The standard InChI is InChI=1S/C12H13IN2O2S/c13-11(17)15(12-14-10(16)8-18-12)7-6-9-4-2-1-3-5-9/h1-5,11,17H,6-8H2. The van der Waals surface area contributed by atoms with Gasteiger partial charge in [-0.25, -0.2) is 0 Å². The Morgan fingerprint density at radius 1 is 1.44 bits per heavy atom. The summed E-state index contributed by atoms with van der Waals surface area (Å²) >= 11 is 3.30. The number of aliphatic hydroxyl groups excluding tert-OH is 1. The number of halogens is 1. The summed E-state index contributed by atoms with van der Waals surface area (Å²) < 4.78 is -0.663. The Hall–Kier alpha value is -0.600. The van der Waals surface area contributed by atoms with Gasteiger partial charge in [-0.15, -0.1) is 0 Å². The van der Waals surface area contributed by atoms with Crippen molar-refractivity contribution in [2.45, 2.75) is 10.7 Å². The van der Waals surface area contributed by atoms with E-state index in [-0.39, 0.29) is 5.91 Å². The molecular formula is C12H13IN2O2S. The lowest BCUT2D eigenvalue weighted by Crippen LogP contribution is -2.36. The van der Waals surface area contributed by atoms with Crippen molar-refractivity contribution < 1.29 is 9.90 Å². The van der Waals surface area contributed by atoms with Gasteiger partial charge in [-0.3, -0.25) is 4.79 Å². The van der Waals surface area contributed by atoms with Crippen LogP contribution in [-0.4, -0.2) is 37.6 Å². The summed E-state index contributed by atoms with van der Waals surface area (Å²) in [4.78, 5) is 16.8. The van der Waals surface area contributed by atoms with Crippen molar-refractivity contribution >= 4 is 45.4 Å². The van der Waals surface area contributed by atoms with E-state index in [0.717, 1.165) is 6.42 Å². The van der Waals surface area contributed by atoms with E-state index in [2.05, 4.69) is 4.99 Å². The molecule has 6 heteroatoms. The molecule has 0 aromatic heterocycles. The highest BCUT2D eigenvalue weighted by molar-refractivity contribution is 14.1. The average Bonchev–Trinajstić information content (AvgIpc) is 2.77. The number of amides is 1. The third kappa shape index (κ3) is 3.69. The van der Waals surface area contributed by atoms with Crippen LogP contribution in [0.5, 0.6) is 0 Å². The summed E-state index contributed by atoms with van der Waals surface area (Å²) in [6.07, 6.45) is 0.814. The molecular weight excluding hydrogens is 363 g/mol. The molecule has 1 N–H and O–H groups in total. The molecule has 1 heterocycles. The van der Waals surface area contributed by atoms with Crippen molar-refractivity contribution in [2.24, 2.45) is 4.99 Å². The summed E-state index contributed by atoms with van der Waals surface area (Å²) in [6.45, 7) is 0.646. The molecule has 0 aliphatic carbocycles. The van der Waals surface area contributed by atoms with Crippen molar-refractivity contribution in [3.05, 3.63) is 35.9 Å². The van der Waals surface area contributed by atoms with Gasteiger partial charge in [0.1, 0.15) is 0 Å². The number of amidine groups is 1. The minimum Gasteiger partial charge on any atom is -0.365 e. The van der Waals surface area contributed by atoms with E-state index in [4.69, 9.17) is 0 Å². The number of aliphatic hydroxyl groups is 1. The fraction of sp³-hybridized carbons (Fsp3) is 0.333. The van der Waals surface area contributed by atoms with E-state index in [9.17, 15) is 9.90 Å². The van der Waals surface area contributed by atoms with Crippen LogP contribution >= 0.6 is 34.4 Å². The summed E-state index contributed by atoms with van der Waals surface area (Å²) in [6, 6.07) is 10.1. The maximum absolute atomic E-state index is 11.1. The Kier molecular flexibility index (Phi) is 5.02. The molecule has 0 fully saturated rings. The number of alkyl halides is 1. The molecule has 1 aromatic carbocycles. The van der Waals surface area contributed by atoms with Gasteiger partial charge in [0.05, 0.1) is 5.75 Å². The fourth-order valence-corrected chi connectivity index (χ4v) is 3.20. The van der Waals surface area contributed by atoms with Gasteiger partial charge in [0, 0.05) is 6.54 Å². The zero-order valence-electron chi connectivity index (χ0n) is 9.62. The lowest BCUT2D eigenvalue weighted by atomic mass is 10.1. The molecule has 1 aromatic rings. The average molecular weight is 376 g/mol. The van der Waals surface area contributed by atoms with Gasteiger partial charge in [-0.2, -0.15) is 4.99 Å². The molecule has 1 atom stereocenters. The molecule has 1 amide bonds. The third-order valence-corrected chi connectivity index (χ3v) is 4.18. The van der Waals surface area contributed by atoms with Crippen LogP contribution < -0.4 is 0 Å². The summed E-state index contributed by atoms with van der Waals surface area (Å²) in [5.41, 5.74) is 1.20. The highest BCUT2D eigenvalue weighted by atomic mass is 127. The smallest absolute Gasteiger partial charge is 0.258 e. The quantitative estimate of drug-likeness (QED) is 0.377. The third-order valence-electron chi connectivity index (χ3n) is 2.53. The highest BCUT2D eigenvalue weighted by Gasteiger charge is 2.24. The molecule has 0 radical (unpaired) electrons. The van der Waals surface area contributed by atoms with Gasteiger partial charge in [0.2, 0.25) is 0 Å². The number of benzene rings is 1. The van der Waals surface area contributed by atoms with E-state index in [0.29, 0.717) is 17.5 Å². The van der Waals surface area contributed by atoms with Gasteiger partial charge in [-0.05, 0) is 34.6 Å². The molecule has 0 bridgehead atoms. The molecule has 4 nitrogen and oxygen atoms in total. The Balaban J connectivity index is 1.99. The SMILES string of the molecule is O=C1CSC(N(CCc2ccccc2)C(O)I)=N1. The van der Waals surface area contributed by atoms with Crippen LogP contribution in [0, 0.1) is 0 Å². The topological polar surface area (TPSA) is 52.9 Å². The molecule has 96 valence electrons. The van der Waals surface area contributed by atoms with E-state index >= 15 is 0 Å². The van der Waals surface area contributed by atoms with Crippen LogP contribution in [0.3, 0.4) is 0 Å². The fourth-order valence-electron chi connectivity index (χ4n) is 1.63. The lowest BCUT2D eigenvalue weighted by molar-refractivity contribution is -0.115. The van der Waals surface area contributed by atoms with Gasteiger partial charge in [-0.1, -0.05) is 42.1 Å². The summed E-state index contributed by atoms with van der Waals surface area (Å²) in [7, 11) is 0. The number of carbonyl (C=O) groups is 1. The van der Waals surface area contributed by atoms with Crippen molar-refractivity contribution in [1.82, 2.24) is 4.90 Å². The molecule has 1 aliphatic heterocycles. The van der Waals surface area contributed by atoms with Gasteiger partial charge >= 0.3 is 0 Å². The van der Waals surface area contributed by atoms with Crippen LogP contribution in [0.2, 0.25) is 0 Å². The Labute approximate surface area is 124 Å². The zero-order valence-corrected chi connectivity index (χ0v) is 12.6. The van der Waals surface area contributed by atoms with Crippen molar-refractivity contribution in [1.29, 1.82) is 0 Å². The van der Waals surface area contributed by atoms with E-state index in [1.807, 2.05) is 52.9 Å². The van der Waals surface area contributed by atoms with Crippen LogP contribution in [0.15, 0.2) is 35.3 Å². The maximum Gasteiger partial charge on any atom is 0.258 e. The Morgan fingerprint density at radius 3 is 2.72 bits per heavy atom. The predicted octanol–water partition coefficient (Wildman–Crippen LogP) is 1.87. The van der Waals surface area contributed by atoms with Crippen molar-refractivity contribution in [3.8, 4) is 0 Å². The second kappa shape index (κ2) is 6.53. The van der Waals surface area contributed by atoms with Crippen molar-refractivity contribution in [3.63, 3.8) is 0 Å². The van der Waals surface area contributed by atoms with Crippen LogP contribution in [0.4, 0.5) is 0 Å². The van der Waals surface area contributed by atoms with Gasteiger partial charge in [0.25, 0.3) is 5.91 Å². The second-order valence-electron chi connectivity index (χ2n) is 3.82. The molecule has 18 heavy (non-hydrogen) atoms.